The van der Waals surface area contributed by atoms with E-state index in [1.807, 2.05) is 0 Å². The molecule has 0 N–H and O–H groups in total. The van der Waals surface area contributed by atoms with Gasteiger partial charge in [0.1, 0.15) is 12.2 Å². The lowest BCUT2D eigenvalue weighted by Gasteiger charge is -2.33. The van der Waals surface area contributed by atoms with Crippen molar-refractivity contribution in [3.8, 4) is 0 Å². The minimum Gasteiger partial charge on any atom is -0.455 e. The van der Waals surface area contributed by atoms with Crippen LogP contribution in [-0.4, -0.2) is 38.5 Å². The Bertz CT molecular complexity index is 1240. The van der Waals surface area contributed by atoms with Crippen LogP contribution in [0.5, 0.6) is 0 Å². The fraction of sp³-hybridized carbons (Fsp3) is 0.333. The SMILES string of the molecule is CO[C@@](C(=O)O[C@@H](C)c1ccc([C@H](C)OC(=O)[C@](OC)(c2ccccc2)C(F)(F)F)cc1)(c1ccccc1)C(F)(F)F. The largest absolute Gasteiger partial charge is 0.455 e. The molecule has 4 atom stereocenters. The summed E-state index contributed by atoms with van der Waals surface area (Å²) in [5, 5.41) is 0. The molecule has 0 unspecified atom stereocenters. The Kier molecular flexibility index (Phi) is 9.74. The molecule has 0 saturated heterocycles. The van der Waals surface area contributed by atoms with E-state index in [1.54, 1.807) is 0 Å². The van der Waals surface area contributed by atoms with Gasteiger partial charge in [0, 0.05) is 25.3 Å². The van der Waals surface area contributed by atoms with Crippen LogP contribution in [0.3, 0.4) is 0 Å². The highest BCUT2D eigenvalue weighted by molar-refractivity contribution is 5.83. The van der Waals surface area contributed by atoms with Gasteiger partial charge < -0.3 is 18.9 Å². The molecule has 0 bridgehead atoms. The van der Waals surface area contributed by atoms with Gasteiger partial charge in [0.15, 0.2) is 0 Å². The Morgan fingerprint density at radius 1 is 0.548 bits per heavy atom. The molecule has 6 nitrogen and oxygen atoms in total. The second kappa shape index (κ2) is 12.5. The van der Waals surface area contributed by atoms with Gasteiger partial charge in [0.2, 0.25) is 0 Å². The van der Waals surface area contributed by atoms with Crippen LogP contribution >= 0.6 is 0 Å². The molecule has 0 aliphatic rings. The number of carbonyl (C=O) groups excluding carboxylic acids is 2. The van der Waals surface area contributed by atoms with Crippen LogP contribution in [0.4, 0.5) is 26.3 Å². The van der Waals surface area contributed by atoms with Gasteiger partial charge in [-0.05, 0) is 25.0 Å². The van der Waals surface area contributed by atoms with Crippen molar-refractivity contribution >= 4 is 11.9 Å². The van der Waals surface area contributed by atoms with Crippen molar-refractivity contribution in [3.05, 3.63) is 107 Å². The predicted molar refractivity (Wildman–Crippen MR) is 138 cm³/mol. The van der Waals surface area contributed by atoms with Crippen LogP contribution < -0.4 is 0 Å². The van der Waals surface area contributed by atoms with Crippen molar-refractivity contribution in [3.63, 3.8) is 0 Å². The van der Waals surface area contributed by atoms with Gasteiger partial charge >= 0.3 is 24.3 Å². The molecule has 0 aliphatic carbocycles. The van der Waals surface area contributed by atoms with Gasteiger partial charge in [0.05, 0.1) is 0 Å². The molecule has 0 radical (unpaired) electrons. The molecule has 0 saturated carbocycles. The molecule has 3 aromatic carbocycles. The van der Waals surface area contributed by atoms with E-state index in [0.29, 0.717) is 0 Å². The summed E-state index contributed by atoms with van der Waals surface area (Å²) in [6.07, 6.45) is -12.7. The monoisotopic (exact) mass is 598 g/mol. The number of rotatable bonds is 10. The average Bonchev–Trinajstić information content (AvgIpc) is 2.94. The second-order valence-corrected chi connectivity index (χ2v) is 9.26. The first kappa shape index (κ1) is 32.6. The molecule has 0 heterocycles. The van der Waals surface area contributed by atoms with Gasteiger partial charge in [-0.25, -0.2) is 9.59 Å². The molecular formula is C30H28F6O6. The van der Waals surface area contributed by atoms with E-state index in [1.165, 1.54) is 74.5 Å². The molecule has 0 aliphatic heterocycles. The van der Waals surface area contributed by atoms with Crippen LogP contribution in [0, 0.1) is 0 Å². The third-order valence-corrected chi connectivity index (χ3v) is 6.79. The third kappa shape index (κ3) is 6.00. The normalized spacial score (nSPS) is 16.4. The maximum absolute atomic E-state index is 14.2. The standard InChI is InChI=1S/C30H28F6O6/c1-19(41-25(37)27(39-3,29(31,32)33)23-11-7-5-8-12-23)21-15-17-22(18-16-21)20(2)42-26(38)28(40-4,30(34,35)36)24-13-9-6-10-14-24/h5-20H,1-4H3/t19-,20-,27+,28+/m0/s1. The zero-order chi connectivity index (χ0) is 31.3. The van der Waals surface area contributed by atoms with Gasteiger partial charge in [-0.2, -0.15) is 26.3 Å². The summed E-state index contributed by atoms with van der Waals surface area (Å²) in [7, 11) is 1.50. The smallest absolute Gasteiger partial charge is 0.432 e. The number of alkyl halides is 6. The molecule has 42 heavy (non-hydrogen) atoms. The average molecular weight is 599 g/mol. The number of benzene rings is 3. The zero-order valence-corrected chi connectivity index (χ0v) is 23.0. The van der Waals surface area contributed by atoms with Crippen molar-refractivity contribution in [1.82, 2.24) is 0 Å². The van der Waals surface area contributed by atoms with Crippen LogP contribution in [0.2, 0.25) is 0 Å². The number of hydrogen-bond acceptors (Lipinski definition) is 6. The van der Waals surface area contributed by atoms with E-state index in [4.69, 9.17) is 18.9 Å². The Labute approximate surface area is 238 Å². The van der Waals surface area contributed by atoms with E-state index in [2.05, 4.69) is 0 Å². The molecule has 3 aromatic rings. The highest BCUT2D eigenvalue weighted by atomic mass is 19.4. The summed E-state index contributed by atoms with van der Waals surface area (Å²) in [4.78, 5) is 25.8. The minimum absolute atomic E-state index is 0.261. The molecule has 226 valence electrons. The maximum atomic E-state index is 14.2. The first-order valence-electron chi connectivity index (χ1n) is 12.5. The molecule has 3 rings (SSSR count). The number of hydrogen-bond donors (Lipinski definition) is 0. The van der Waals surface area contributed by atoms with Crippen molar-refractivity contribution < 1.29 is 54.9 Å². The van der Waals surface area contributed by atoms with Crippen LogP contribution in [0.1, 0.15) is 48.3 Å². The van der Waals surface area contributed by atoms with Crippen LogP contribution in [0.15, 0.2) is 84.9 Å². The van der Waals surface area contributed by atoms with Crippen molar-refractivity contribution in [2.75, 3.05) is 14.2 Å². The predicted octanol–water partition coefficient (Wildman–Crippen LogP) is 7.10. The lowest BCUT2D eigenvalue weighted by atomic mass is 9.92. The quantitative estimate of drug-likeness (QED) is 0.183. The number of methoxy groups -OCH3 is 2. The van der Waals surface area contributed by atoms with E-state index in [0.717, 1.165) is 38.5 Å². The Balaban J connectivity index is 1.81. The highest BCUT2D eigenvalue weighted by Crippen LogP contribution is 2.45. The summed E-state index contributed by atoms with van der Waals surface area (Å²) in [6, 6.07) is 18.1. The molecule has 0 spiro atoms. The number of ether oxygens (including phenoxy) is 4. The van der Waals surface area contributed by atoms with Gasteiger partial charge in [-0.1, -0.05) is 84.9 Å². The first-order chi connectivity index (χ1) is 19.7. The van der Waals surface area contributed by atoms with E-state index in [-0.39, 0.29) is 11.1 Å². The Hall–Kier alpha value is -3.90. The summed E-state index contributed by atoms with van der Waals surface area (Å²) in [6.45, 7) is 2.68. The molecule has 0 amide bonds. The molecule has 0 aromatic heterocycles. The summed E-state index contributed by atoms with van der Waals surface area (Å²) >= 11 is 0. The van der Waals surface area contributed by atoms with Gasteiger partial charge in [-0.3, -0.25) is 0 Å². The lowest BCUT2D eigenvalue weighted by Crippen LogP contribution is -2.51. The van der Waals surface area contributed by atoms with Crippen molar-refractivity contribution in [2.45, 2.75) is 49.6 Å². The van der Waals surface area contributed by atoms with Crippen molar-refractivity contribution in [2.24, 2.45) is 0 Å². The third-order valence-electron chi connectivity index (χ3n) is 6.79. The number of halogens is 6. The Morgan fingerprint density at radius 2 is 0.833 bits per heavy atom. The fourth-order valence-electron chi connectivity index (χ4n) is 4.44. The van der Waals surface area contributed by atoms with Crippen molar-refractivity contribution in [1.29, 1.82) is 0 Å². The molecular weight excluding hydrogens is 570 g/mol. The zero-order valence-electron chi connectivity index (χ0n) is 23.0. The second-order valence-electron chi connectivity index (χ2n) is 9.26. The van der Waals surface area contributed by atoms with Crippen LogP contribution in [-0.2, 0) is 39.7 Å². The van der Waals surface area contributed by atoms with Gasteiger partial charge in [0.25, 0.3) is 11.2 Å². The fourth-order valence-corrected chi connectivity index (χ4v) is 4.44. The summed E-state index contributed by atoms with van der Waals surface area (Å²) in [5.74, 6) is -3.38. The minimum atomic E-state index is -5.16. The summed E-state index contributed by atoms with van der Waals surface area (Å²) in [5.41, 5.74) is -7.17. The highest BCUT2D eigenvalue weighted by Gasteiger charge is 2.65. The van der Waals surface area contributed by atoms with E-state index >= 15 is 0 Å². The summed E-state index contributed by atoms with van der Waals surface area (Å²) < 4.78 is 105. The number of esters is 2. The molecule has 0 fully saturated rings. The number of carbonyl (C=O) groups is 2. The topological polar surface area (TPSA) is 71.1 Å². The first-order valence-corrected chi connectivity index (χ1v) is 12.5. The lowest BCUT2D eigenvalue weighted by molar-refractivity contribution is -0.279. The van der Waals surface area contributed by atoms with E-state index < -0.39 is 58.8 Å². The van der Waals surface area contributed by atoms with Gasteiger partial charge in [-0.15, -0.1) is 0 Å². The van der Waals surface area contributed by atoms with Crippen LogP contribution in [0.25, 0.3) is 0 Å². The Morgan fingerprint density at radius 3 is 1.07 bits per heavy atom. The molecule has 12 heteroatoms. The van der Waals surface area contributed by atoms with E-state index in [9.17, 15) is 35.9 Å². The maximum Gasteiger partial charge on any atom is 0.432 e.